The number of carbonyl (C=O) groups excluding carboxylic acids is 2. The van der Waals surface area contributed by atoms with Gasteiger partial charge in [-0.3, -0.25) is 9.59 Å². The second-order valence-corrected chi connectivity index (χ2v) is 7.52. The maximum Gasteiger partial charge on any atom is 0.202 e. The van der Waals surface area contributed by atoms with Gasteiger partial charge in [0.2, 0.25) is 5.78 Å². The Morgan fingerprint density at radius 2 is 1.59 bits per heavy atom. The summed E-state index contributed by atoms with van der Waals surface area (Å²) in [6.07, 6.45) is -7.69. The van der Waals surface area contributed by atoms with Gasteiger partial charge in [-0.1, -0.05) is 12.1 Å². The van der Waals surface area contributed by atoms with Gasteiger partial charge in [-0.05, 0) is 12.1 Å². The fraction of sp³-hybridized carbons (Fsp3) is 0.333. The first-order chi connectivity index (χ1) is 15.2. The number of hydrogen-bond donors (Lipinski definition) is 7. The van der Waals surface area contributed by atoms with E-state index in [2.05, 4.69) is 0 Å². The molecule has 1 aliphatic heterocycles. The summed E-state index contributed by atoms with van der Waals surface area (Å²) in [7, 11) is 0. The summed E-state index contributed by atoms with van der Waals surface area (Å²) in [6.45, 7) is -1.21. The number of ether oxygens (including phenoxy) is 2. The molecule has 11 nitrogen and oxygen atoms in total. The molecule has 5 atom stereocenters. The minimum atomic E-state index is -1.70. The van der Waals surface area contributed by atoms with Crippen LogP contribution in [0.2, 0.25) is 0 Å². The standard InChI is InChI=1S/C21H20O11/c22-5-11-16(26)19(29)20(30)21(32-11)31-6-7-4-9-13(18(28)14(7)24)17(27)12-8(15(9)25)2-1-3-10(12)23/h1-4,11,16,19-24,26,28-30H,5-6H2/t11?,16-,19?,20+,21+/m1/s1. The first-order valence-corrected chi connectivity index (χ1v) is 9.58. The fourth-order valence-corrected chi connectivity index (χ4v) is 3.85. The Morgan fingerprint density at radius 3 is 2.28 bits per heavy atom. The maximum absolute atomic E-state index is 12.9. The molecule has 1 fully saturated rings. The van der Waals surface area contributed by atoms with Crippen LogP contribution in [-0.2, 0) is 16.1 Å². The quantitative estimate of drug-likeness (QED) is 0.239. The van der Waals surface area contributed by atoms with E-state index in [1.807, 2.05) is 0 Å². The molecule has 0 spiro atoms. The molecular formula is C21H20O11. The van der Waals surface area contributed by atoms with Crippen molar-refractivity contribution in [3.05, 3.63) is 52.1 Å². The molecule has 2 aromatic carbocycles. The van der Waals surface area contributed by atoms with Gasteiger partial charge < -0.3 is 45.2 Å². The van der Waals surface area contributed by atoms with E-state index in [0.29, 0.717) is 0 Å². The largest absolute Gasteiger partial charge is 0.507 e. The maximum atomic E-state index is 12.9. The second kappa shape index (κ2) is 8.13. The van der Waals surface area contributed by atoms with E-state index < -0.39 is 78.3 Å². The van der Waals surface area contributed by atoms with Crippen LogP contribution in [0.15, 0.2) is 24.3 Å². The molecule has 2 aromatic rings. The van der Waals surface area contributed by atoms with Gasteiger partial charge in [0.1, 0.15) is 30.2 Å². The zero-order valence-electron chi connectivity index (χ0n) is 16.4. The van der Waals surface area contributed by atoms with Crippen LogP contribution in [0.4, 0.5) is 0 Å². The average Bonchev–Trinajstić information content (AvgIpc) is 2.77. The zero-order chi connectivity index (χ0) is 23.3. The predicted molar refractivity (Wildman–Crippen MR) is 103 cm³/mol. The van der Waals surface area contributed by atoms with Gasteiger partial charge in [-0.25, -0.2) is 0 Å². The molecule has 0 saturated carbocycles. The van der Waals surface area contributed by atoms with Gasteiger partial charge in [-0.15, -0.1) is 0 Å². The number of aromatic hydroxyl groups is 3. The van der Waals surface area contributed by atoms with Crippen LogP contribution in [0, 0.1) is 0 Å². The van der Waals surface area contributed by atoms with Crippen LogP contribution >= 0.6 is 0 Å². The van der Waals surface area contributed by atoms with Crippen molar-refractivity contribution in [2.24, 2.45) is 0 Å². The number of rotatable bonds is 4. The van der Waals surface area contributed by atoms with Gasteiger partial charge in [0.25, 0.3) is 0 Å². The van der Waals surface area contributed by atoms with E-state index in [4.69, 9.17) is 9.47 Å². The van der Waals surface area contributed by atoms with E-state index in [-0.39, 0.29) is 22.3 Å². The van der Waals surface area contributed by atoms with Gasteiger partial charge in [0.15, 0.2) is 23.6 Å². The monoisotopic (exact) mass is 448 g/mol. The highest BCUT2D eigenvalue weighted by molar-refractivity contribution is 6.30. The van der Waals surface area contributed by atoms with Crippen molar-refractivity contribution in [3.63, 3.8) is 0 Å². The van der Waals surface area contributed by atoms with E-state index in [1.165, 1.54) is 18.2 Å². The lowest BCUT2D eigenvalue weighted by Crippen LogP contribution is -2.59. The SMILES string of the molecule is O=C1c2cccc(O)c2C(=O)c2c1cc(CO[C@H]1OC(CO)[C@@H](O)C(O)[C@@H]1O)c(O)c2O. The lowest BCUT2D eigenvalue weighted by Gasteiger charge is -2.39. The molecule has 0 bridgehead atoms. The smallest absolute Gasteiger partial charge is 0.202 e. The molecule has 2 aliphatic rings. The number of phenols is 3. The highest BCUT2D eigenvalue weighted by Gasteiger charge is 2.44. The molecule has 0 amide bonds. The number of carbonyl (C=O) groups is 2. The van der Waals surface area contributed by atoms with E-state index in [0.717, 1.165) is 6.07 Å². The molecule has 32 heavy (non-hydrogen) atoms. The molecule has 1 saturated heterocycles. The topological polar surface area (TPSA) is 194 Å². The minimum absolute atomic E-state index is 0.0756. The summed E-state index contributed by atoms with van der Waals surface area (Å²) >= 11 is 0. The number of benzene rings is 2. The van der Waals surface area contributed by atoms with Crippen LogP contribution in [0.5, 0.6) is 17.2 Å². The van der Waals surface area contributed by atoms with Crippen LogP contribution in [0.1, 0.15) is 37.4 Å². The van der Waals surface area contributed by atoms with Crippen molar-refractivity contribution in [3.8, 4) is 17.2 Å². The lowest BCUT2D eigenvalue weighted by molar-refractivity contribution is -0.304. The van der Waals surface area contributed by atoms with Crippen molar-refractivity contribution in [1.29, 1.82) is 0 Å². The second-order valence-electron chi connectivity index (χ2n) is 7.52. The molecule has 1 heterocycles. The Hall–Kier alpha value is -3.06. The third-order valence-electron chi connectivity index (χ3n) is 5.59. The number of ketones is 2. The van der Waals surface area contributed by atoms with Crippen LogP contribution in [0.3, 0.4) is 0 Å². The number of phenolic OH excluding ortho intramolecular Hbond substituents is 3. The van der Waals surface area contributed by atoms with Crippen molar-refractivity contribution in [2.45, 2.75) is 37.3 Å². The van der Waals surface area contributed by atoms with E-state index in [9.17, 15) is 45.3 Å². The Bertz CT molecular complexity index is 1090. The molecule has 4 rings (SSSR count). The first kappa shape index (κ1) is 22.1. The van der Waals surface area contributed by atoms with E-state index >= 15 is 0 Å². The van der Waals surface area contributed by atoms with E-state index in [1.54, 1.807) is 0 Å². The van der Waals surface area contributed by atoms with Gasteiger partial charge in [0.05, 0.1) is 24.3 Å². The van der Waals surface area contributed by atoms with Crippen LogP contribution in [-0.4, -0.2) is 84.6 Å². The summed E-state index contributed by atoms with van der Waals surface area (Å²) in [6, 6.07) is 5.07. The number of fused-ring (bicyclic) bond motifs is 2. The zero-order valence-corrected chi connectivity index (χ0v) is 16.4. The van der Waals surface area contributed by atoms with Crippen molar-refractivity contribution in [2.75, 3.05) is 6.61 Å². The van der Waals surface area contributed by atoms with Crippen molar-refractivity contribution in [1.82, 2.24) is 0 Å². The summed E-state index contributed by atoms with van der Waals surface area (Å²) in [5.74, 6) is -3.62. The van der Waals surface area contributed by atoms with Gasteiger partial charge >= 0.3 is 0 Å². The molecule has 0 aromatic heterocycles. The Balaban J connectivity index is 1.65. The van der Waals surface area contributed by atoms with Gasteiger partial charge in [0, 0.05) is 16.7 Å². The normalized spacial score (nSPS) is 27.2. The minimum Gasteiger partial charge on any atom is -0.507 e. The summed E-state index contributed by atoms with van der Waals surface area (Å²) in [5, 5.41) is 69.7. The third kappa shape index (κ3) is 3.32. The fourth-order valence-electron chi connectivity index (χ4n) is 3.85. The van der Waals surface area contributed by atoms with Crippen LogP contribution in [0.25, 0.3) is 0 Å². The lowest BCUT2D eigenvalue weighted by atomic mass is 9.82. The Morgan fingerprint density at radius 1 is 0.875 bits per heavy atom. The molecule has 2 unspecified atom stereocenters. The highest BCUT2D eigenvalue weighted by atomic mass is 16.7. The molecule has 1 aliphatic carbocycles. The molecule has 0 radical (unpaired) electrons. The van der Waals surface area contributed by atoms with Crippen LogP contribution < -0.4 is 0 Å². The van der Waals surface area contributed by atoms with Gasteiger partial charge in [-0.2, -0.15) is 0 Å². The molecule has 7 N–H and O–H groups in total. The summed E-state index contributed by atoms with van der Waals surface area (Å²) in [4.78, 5) is 25.7. The average molecular weight is 448 g/mol. The predicted octanol–water partition coefficient (Wildman–Crippen LogP) is -1.10. The summed E-state index contributed by atoms with van der Waals surface area (Å²) in [5.41, 5.74) is -1.20. The Labute approximate surface area is 180 Å². The Kier molecular flexibility index (Phi) is 5.63. The molecular weight excluding hydrogens is 428 g/mol. The number of aliphatic hydroxyl groups is 4. The summed E-state index contributed by atoms with van der Waals surface area (Å²) < 4.78 is 10.6. The molecule has 170 valence electrons. The number of aliphatic hydroxyl groups excluding tert-OH is 4. The third-order valence-corrected chi connectivity index (χ3v) is 5.59. The highest BCUT2D eigenvalue weighted by Crippen LogP contribution is 2.42. The number of hydrogen-bond acceptors (Lipinski definition) is 11. The van der Waals surface area contributed by atoms with Crippen molar-refractivity contribution < 1.29 is 54.8 Å². The first-order valence-electron chi connectivity index (χ1n) is 9.58. The van der Waals surface area contributed by atoms with Crippen molar-refractivity contribution >= 4 is 11.6 Å². The molecule has 11 heteroatoms.